The minimum atomic E-state index is -0.568. The van der Waals surface area contributed by atoms with Gasteiger partial charge in [-0.1, -0.05) is 39.8 Å². The second-order valence-corrected chi connectivity index (χ2v) is 10.8. The molecule has 2 heterocycles. The van der Waals surface area contributed by atoms with Crippen molar-refractivity contribution in [1.29, 1.82) is 0 Å². The van der Waals surface area contributed by atoms with Gasteiger partial charge in [0.1, 0.15) is 18.3 Å². The third-order valence-electron chi connectivity index (χ3n) is 6.09. The molecule has 208 valence electrons. The van der Waals surface area contributed by atoms with E-state index in [0.29, 0.717) is 49.1 Å². The van der Waals surface area contributed by atoms with Gasteiger partial charge >= 0.3 is 0 Å². The molecule has 0 aromatic heterocycles. The zero-order valence-corrected chi connectivity index (χ0v) is 23.0. The number of methoxy groups -OCH3 is 2. The summed E-state index contributed by atoms with van der Waals surface area (Å²) in [5, 5.41) is 0. The Bertz CT molecular complexity index is 1080. The Labute approximate surface area is 224 Å². The third-order valence-corrected chi connectivity index (χ3v) is 6.09. The van der Waals surface area contributed by atoms with Crippen LogP contribution in [0.15, 0.2) is 36.4 Å². The van der Waals surface area contributed by atoms with Gasteiger partial charge in [0.15, 0.2) is 19.4 Å². The quantitative estimate of drug-likeness (QED) is 0.350. The van der Waals surface area contributed by atoms with Crippen LogP contribution in [0.1, 0.15) is 67.3 Å². The average Bonchev–Trinajstić information content (AvgIpc) is 2.92. The minimum absolute atomic E-state index is 0.000951. The normalized spacial score (nSPS) is 19.2. The predicted molar refractivity (Wildman–Crippen MR) is 139 cm³/mol. The molecule has 2 aromatic carbocycles. The zero-order chi connectivity index (χ0) is 27.9. The molecule has 2 aliphatic heterocycles. The van der Waals surface area contributed by atoms with Crippen LogP contribution in [0.4, 0.5) is 0 Å². The van der Waals surface area contributed by atoms with E-state index in [1.54, 1.807) is 24.3 Å². The van der Waals surface area contributed by atoms with Gasteiger partial charge < -0.3 is 38.0 Å². The van der Waals surface area contributed by atoms with Crippen molar-refractivity contribution >= 4 is 12.6 Å². The molecule has 2 aliphatic rings. The first-order valence-electron chi connectivity index (χ1n) is 12.4. The molecule has 4 rings (SSSR count). The van der Waals surface area contributed by atoms with Crippen molar-refractivity contribution in [3.63, 3.8) is 0 Å². The van der Waals surface area contributed by atoms with E-state index in [1.807, 2.05) is 18.9 Å². The van der Waals surface area contributed by atoms with Crippen molar-refractivity contribution in [3.05, 3.63) is 58.7 Å². The number of hydrogen-bond acceptors (Lipinski definition) is 9. The fourth-order valence-electron chi connectivity index (χ4n) is 4.08. The minimum Gasteiger partial charge on any atom is -0.496 e. The van der Waals surface area contributed by atoms with Crippen LogP contribution in [0.25, 0.3) is 0 Å². The molecule has 0 unspecified atom stereocenters. The number of hydrogen-bond donors (Lipinski definition) is 0. The highest BCUT2D eigenvalue weighted by molar-refractivity contribution is 6.12. The van der Waals surface area contributed by atoms with Crippen molar-refractivity contribution in [2.75, 3.05) is 47.4 Å². The topological polar surface area (TPSA) is 98.8 Å². The molecule has 9 heteroatoms. The van der Waals surface area contributed by atoms with Gasteiger partial charge in [-0.2, -0.15) is 0 Å². The van der Waals surface area contributed by atoms with E-state index in [0.717, 1.165) is 11.1 Å². The molecule has 2 fully saturated rings. The first kappa shape index (κ1) is 29.7. The van der Waals surface area contributed by atoms with Crippen LogP contribution in [0.3, 0.4) is 0 Å². The molecule has 0 amide bonds. The second-order valence-electron chi connectivity index (χ2n) is 10.8. The highest BCUT2D eigenvalue weighted by Gasteiger charge is 2.32. The molecule has 38 heavy (non-hydrogen) atoms. The van der Waals surface area contributed by atoms with Crippen molar-refractivity contribution < 1.29 is 42.7 Å². The van der Waals surface area contributed by atoms with Crippen LogP contribution in [0, 0.1) is 10.8 Å². The van der Waals surface area contributed by atoms with E-state index in [-0.39, 0.29) is 23.4 Å². The van der Waals surface area contributed by atoms with Gasteiger partial charge in [-0.05, 0) is 24.3 Å². The number of carbonyl (C=O) groups excluding carboxylic acids is 2. The number of benzene rings is 2. The Morgan fingerprint density at radius 3 is 1.63 bits per heavy atom. The molecule has 0 atom stereocenters. The van der Waals surface area contributed by atoms with Crippen LogP contribution < -0.4 is 9.47 Å². The zero-order valence-electron chi connectivity index (χ0n) is 23.0. The van der Waals surface area contributed by atoms with E-state index in [4.69, 9.17) is 38.0 Å². The molecule has 0 bridgehead atoms. The fraction of sp³-hybridized carbons (Fsp3) is 0.517. The Morgan fingerprint density at radius 1 is 0.789 bits per heavy atom. The standard InChI is InChI=1S/C28H36O8.CH2O/c1-27(2)13-32-25(33-14-27)18-7-9-22(31-6)20(11-18)24(29)21-12-19(8-10-23(21)36-17-30-5)26-34-15-28(3,4)16-35-26;1-2/h7-12,25-26H,13-17H2,1-6H3;1H2. The van der Waals surface area contributed by atoms with Gasteiger partial charge in [0.2, 0.25) is 5.78 Å². The molecule has 0 radical (unpaired) electrons. The van der Waals surface area contributed by atoms with Gasteiger partial charge in [0, 0.05) is 29.1 Å². The number of ether oxygens (including phenoxy) is 7. The van der Waals surface area contributed by atoms with Crippen molar-refractivity contribution in [2.45, 2.75) is 40.3 Å². The summed E-state index contributed by atoms with van der Waals surface area (Å²) in [5.74, 6) is 0.560. The molecule has 2 saturated heterocycles. The van der Waals surface area contributed by atoms with Gasteiger partial charge in [-0.15, -0.1) is 0 Å². The summed E-state index contributed by atoms with van der Waals surface area (Å²) in [6, 6.07) is 10.7. The van der Waals surface area contributed by atoms with Crippen molar-refractivity contribution in [1.82, 2.24) is 0 Å². The predicted octanol–water partition coefficient (Wildman–Crippen LogP) is 4.87. The molecule has 0 N–H and O–H groups in total. The van der Waals surface area contributed by atoms with E-state index in [2.05, 4.69) is 27.7 Å². The summed E-state index contributed by atoms with van der Waals surface area (Å²) in [4.78, 5) is 21.9. The van der Waals surface area contributed by atoms with Gasteiger partial charge in [-0.3, -0.25) is 4.79 Å². The van der Waals surface area contributed by atoms with E-state index in [9.17, 15) is 4.79 Å². The number of rotatable bonds is 8. The molecular formula is C29H38O9. The molecule has 0 saturated carbocycles. The van der Waals surface area contributed by atoms with Gasteiger partial charge in [0.05, 0.1) is 44.7 Å². The first-order valence-corrected chi connectivity index (χ1v) is 12.4. The lowest BCUT2D eigenvalue weighted by molar-refractivity contribution is -0.226. The summed E-state index contributed by atoms with van der Waals surface area (Å²) in [6.45, 7) is 12.6. The molecule has 2 aromatic rings. The largest absolute Gasteiger partial charge is 0.496 e. The summed E-state index contributed by atoms with van der Waals surface area (Å²) in [6.07, 6.45) is -1.12. The summed E-state index contributed by atoms with van der Waals surface area (Å²) >= 11 is 0. The first-order chi connectivity index (χ1) is 18.1. The highest BCUT2D eigenvalue weighted by Crippen LogP contribution is 2.37. The molecule has 9 nitrogen and oxygen atoms in total. The van der Waals surface area contributed by atoms with E-state index < -0.39 is 12.6 Å². The lowest BCUT2D eigenvalue weighted by Crippen LogP contribution is -2.33. The third kappa shape index (κ3) is 7.18. The molecule has 0 aliphatic carbocycles. The Kier molecular flexibility index (Phi) is 10.0. The number of ketones is 1. The SMILES string of the molecule is C=O.COCOc1ccc(C2OCC(C)(C)CO2)cc1C(=O)c1cc(C2OCC(C)(C)CO2)ccc1OC. The lowest BCUT2D eigenvalue weighted by atomic mass is 9.94. The summed E-state index contributed by atoms with van der Waals surface area (Å²) < 4.78 is 40.1. The Morgan fingerprint density at radius 2 is 1.21 bits per heavy atom. The maximum Gasteiger partial charge on any atom is 0.200 e. The molecular weight excluding hydrogens is 492 g/mol. The van der Waals surface area contributed by atoms with Crippen molar-refractivity contribution in [3.8, 4) is 11.5 Å². The monoisotopic (exact) mass is 530 g/mol. The van der Waals surface area contributed by atoms with Gasteiger partial charge in [-0.25, -0.2) is 0 Å². The summed E-state index contributed by atoms with van der Waals surface area (Å²) in [7, 11) is 3.06. The highest BCUT2D eigenvalue weighted by atomic mass is 16.7. The maximum atomic E-state index is 13.9. The van der Waals surface area contributed by atoms with Crippen LogP contribution in [0.2, 0.25) is 0 Å². The van der Waals surface area contributed by atoms with Crippen molar-refractivity contribution in [2.24, 2.45) is 10.8 Å². The van der Waals surface area contributed by atoms with E-state index in [1.165, 1.54) is 14.2 Å². The number of carbonyl (C=O) groups is 2. The van der Waals surface area contributed by atoms with Crippen LogP contribution in [0.5, 0.6) is 11.5 Å². The fourth-order valence-corrected chi connectivity index (χ4v) is 4.08. The molecule has 0 spiro atoms. The van der Waals surface area contributed by atoms with E-state index >= 15 is 0 Å². The average molecular weight is 531 g/mol. The lowest BCUT2D eigenvalue weighted by Gasteiger charge is -2.35. The Hall–Kier alpha value is -2.82. The van der Waals surface area contributed by atoms with Crippen LogP contribution >= 0.6 is 0 Å². The smallest absolute Gasteiger partial charge is 0.200 e. The van der Waals surface area contributed by atoms with Crippen LogP contribution in [-0.2, 0) is 28.5 Å². The van der Waals surface area contributed by atoms with Crippen LogP contribution in [-0.4, -0.2) is 60.0 Å². The van der Waals surface area contributed by atoms with Gasteiger partial charge in [0.25, 0.3) is 0 Å². The second kappa shape index (κ2) is 12.8. The maximum absolute atomic E-state index is 13.9. The summed E-state index contributed by atoms with van der Waals surface area (Å²) in [5.41, 5.74) is 2.07. The Balaban J connectivity index is 0.00000195.